The number of alkyl halides is 1. The van der Waals surface area contributed by atoms with Crippen molar-refractivity contribution in [3.63, 3.8) is 0 Å². The molecular weight excluding hydrogens is 270 g/mol. The molecule has 4 aliphatic carbocycles. The monoisotopic (exact) mass is 297 g/mol. The third-order valence-electron chi connectivity index (χ3n) is 6.02. The smallest absolute Gasteiger partial charge is 0.228 e. The lowest BCUT2D eigenvalue weighted by Crippen LogP contribution is -2.57. The molecule has 4 fully saturated rings. The molecular formula is C17H28ClNO. The van der Waals surface area contributed by atoms with Gasteiger partial charge in [0.1, 0.15) is 0 Å². The van der Waals surface area contributed by atoms with Gasteiger partial charge in [0.05, 0.1) is 5.41 Å². The average molecular weight is 298 g/mol. The molecule has 4 bridgehead atoms. The third-order valence-corrected chi connectivity index (χ3v) is 6.23. The first-order valence-electron chi connectivity index (χ1n) is 8.22. The maximum absolute atomic E-state index is 13.0. The van der Waals surface area contributed by atoms with E-state index in [0.717, 1.165) is 44.1 Å². The van der Waals surface area contributed by atoms with Gasteiger partial charge in [0.15, 0.2) is 0 Å². The van der Waals surface area contributed by atoms with Gasteiger partial charge in [0, 0.05) is 19.0 Å². The van der Waals surface area contributed by atoms with E-state index >= 15 is 0 Å². The number of hydrogen-bond donors (Lipinski definition) is 0. The molecule has 3 atom stereocenters. The van der Waals surface area contributed by atoms with Crippen LogP contribution in [0.2, 0.25) is 0 Å². The molecule has 2 nitrogen and oxygen atoms in total. The van der Waals surface area contributed by atoms with Crippen molar-refractivity contribution in [3.8, 4) is 0 Å². The molecule has 0 radical (unpaired) electrons. The van der Waals surface area contributed by atoms with E-state index in [1.54, 1.807) is 0 Å². The van der Waals surface area contributed by atoms with E-state index in [9.17, 15) is 4.79 Å². The number of nitrogens with zero attached hydrogens (tertiary/aromatic N) is 1. The summed E-state index contributed by atoms with van der Waals surface area (Å²) >= 11 is 6.03. The van der Waals surface area contributed by atoms with Crippen LogP contribution >= 0.6 is 11.6 Å². The van der Waals surface area contributed by atoms with Gasteiger partial charge in [0.25, 0.3) is 0 Å². The normalized spacial score (nSPS) is 43.6. The van der Waals surface area contributed by atoms with E-state index in [0.29, 0.717) is 11.3 Å². The zero-order chi connectivity index (χ0) is 14.5. The summed E-state index contributed by atoms with van der Waals surface area (Å²) in [6, 6.07) is 0. The molecule has 20 heavy (non-hydrogen) atoms. The van der Waals surface area contributed by atoms with Crippen LogP contribution in [0, 0.1) is 22.7 Å². The molecule has 0 saturated heterocycles. The van der Waals surface area contributed by atoms with Crippen LogP contribution in [0.4, 0.5) is 0 Å². The van der Waals surface area contributed by atoms with Gasteiger partial charge in [0.2, 0.25) is 5.91 Å². The van der Waals surface area contributed by atoms with Gasteiger partial charge in [-0.15, -0.1) is 11.6 Å². The Balaban J connectivity index is 1.74. The van der Waals surface area contributed by atoms with E-state index in [4.69, 9.17) is 11.6 Å². The topological polar surface area (TPSA) is 20.3 Å². The van der Waals surface area contributed by atoms with Crippen LogP contribution in [-0.2, 0) is 4.79 Å². The average Bonchev–Trinajstić information content (AvgIpc) is 2.31. The summed E-state index contributed by atoms with van der Waals surface area (Å²) in [4.78, 5) is 15.0. The highest BCUT2D eigenvalue weighted by Gasteiger charge is 2.59. The van der Waals surface area contributed by atoms with Gasteiger partial charge in [-0.3, -0.25) is 4.79 Å². The standard InChI is InChI=1S/C17H28ClNO/c1-12(18)4-5-19(3)15(20)17-9-13-6-14(10-17)8-16(2,7-13)11-17/h12-14H,4-11H2,1-3H3. The molecule has 0 N–H and O–H groups in total. The molecule has 4 aliphatic rings. The van der Waals surface area contributed by atoms with Gasteiger partial charge in [-0.25, -0.2) is 0 Å². The predicted molar refractivity (Wildman–Crippen MR) is 82.8 cm³/mol. The number of carbonyl (C=O) groups excluding carboxylic acids is 1. The van der Waals surface area contributed by atoms with Crippen LogP contribution < -0.4 is 0 Å². The molecule has 0 aromatic rings. The lowest BCUT2D eigenvalue weighted by Gasteiger charge is -2.61. The zero-order valence-electron chi connectivity index (χ0n) is 13.1. The molecule has 3 heteroatoms. The second-order valence-corrected chi connectivity index (χ2v) is 9.09. The fourth-order valence-corrected chi connectivity index (χ4v) is 5.95. The Morgan fingerprint density at radius 1 is 1.30 bits per heavy atom. The van der Waals surface area contributed by atoms with E-state index in [1.165, 1.54) is 19.3 Å². The summed E-state index contributed by atoms with van der Waals surface area (Å²) in [5, 5.41) is 0.152. The Kier molecular flexibility index (Phi) is 3.60. The molecule has 0 aromatic carbocycles. The summed E-state index contributed by atoms with van der Waals surface area (Å²) in [7, 11) is 1.97. The molecule has 1 amide bonds. The largest absolute Gasteiger partial charge is 0.345 e. The highest BCUT2D eigenvalue weighted by molar-refractivity contribution is 6.20. The van der Waals surface area contributed by atoms with Gasteiger partial charge >= 0.3 is 0 Å². The fourth-order valence-electron chi connectivity index (χ4n) is 5.85. The van der Waals surface area contributed by atoms with Crippen LogP contribution in [0.1, 0.15) is 58.8 Å². The molecule has 0 aromatic heterocycles. The number of rotatable bonds is 4. The molecule has 4 rings (SSSR count). The van der Waals surface area contributed by atoms with Crippen LogP contribution in [0.25, 0.3) is 0 Å². The van der Waals surface area contributed by atoms with Crippen molar-refractivity contribution in [2.75, 3.05) is 13.6 Å². The first kappa shape index (κ1) is 14.7. The molecule has 4 saturated carbocycles. The van der Waals surface area contributed by atoms with E-state index in [2.05, 4.69) is 6.92 Å². The van der Waals surface area contributed by atoms with Crippen molar-refractivity contribution in [1.29, 1.82) is 0 Å². The minimum Gasteiger partial charge on any atom is -0.345 e. The first-order valence-corrected chi connectivity index (χ1v) is 8.65. The lowest BCUT2D eigenvalue weighted by atomic mass is 9.44. The van der Waals surface area contributed by atoms with Crippen LogP contribution in [-0.4, -0.2) is 29.8 Å². The van der Waals surface area contributed by atoms with E-state index < -0.39 is 0 Å². The van der Waals surface area contributed by atoms with Gasteiger partial charge in [-0.05, 0) is 69.1 Å². The first-order chi connectivity index (χ1) is 9.32. The summed E-state index contributed by atoms with van der Waals surface area (Å²) in [6.07, 6.45) is 8.43. The Bertz CT molecular complexity index is 392. The summed E-state index contributed by atoms with van der Waals surface area (Å²) in [5.74, 6) is 2.03. The highest BCUT2D eigenvalue weighted by Crippen LogP contribution is 2.65. The fraction of sp³-hybridized carbons (Fsp3) is 0.941. The minimum absolute atomic E-state index is 0.0247. The van der Waals surface area contributed by atoms with Crippen LogP contribution in [0.3, 0.4) is 0 Å². The highest BCUT2D eigenvalue weighted by atomic mass is 35.5. The van der Waals surface area contributed by atoms with Crippen molar-refractivity contribution in [2.45, 2.75) is 64.2 Å². The summed E-state index contributed by atoms with van der Waals surface area (Å²) < 4.78 is 0. The molecule has 0 aliphatic heterocycles. The van der Waals surface area contributed by atoms with Crippen molar-refractivity contribution in [3.05, 3.63) is 0 Å². The number of carbonyl (C=O) groups is 1. The number of hydrogen-bond acceptors (Lipinski definition) is 1. The maximum atomic E-state index is 13.0. The molecule has 114 valence electrons. The Morgan fingerprint density at radius 2 is 1.90 bits per heavy atom. The van der Waals surface area contributed by atoms with Gasteiger partial charge in [-0.1, -0.05) is 6.92 Å². The van der Waals surface area contributed by atoms with Crippen molar-refractivity contribution in [1.82, 2.24) is 4.90 Å². The van der Waals surface area contributed by atoms with Crippen LogP contribution in [0.15, 0.2) is 0 Å². The Morgan fingerprint density at radius 3 is 2.40 bits per heavy atom. The second-order valence-electron chi connectivity index (χ2n) is 8.35. The van der Waals surface area contributed by atoms with Crippen LogP contribution in [0.5, 0.6) is 0 Å². The Hall–Kier alpha value is -0.240. The number of amides is 1. The molecule has 0 heterocycles. The van der Waals surface area contributed by atoms with Gasteiger partial charge in [-0.2, -0.15) is 0 Å². The lowest BCUT2D eigenvalue weighted by molar-refractivity contribution is -0.164. The van der Waals surface area contributed by atoms with Crippen molar-refractivity contribution >= 4 is 17.5 Å². The van der Waals surface area contributed by atoms with Crippen molar-refractivity contribution in [2.24, 2.45) is 22.7 Å². The minimum atomic E-state index is -0.0247. The number of halogens is 1. The molecule has 3 unspecified atom stereocenters. The Labute approximate surface area is 128 Å². The van der Waals surface area contributed by atoms with Gasteiger partial charge < -0.3 is 4.90 Å². The summed E-state index contributed by atoms with van der Waals surface area (Å²) in [6.45, 7) is 5.23. The maximum Gasteiger partial charge on any atom is 0.228 e. The summed E-state index contributed by atoms with van der Waals surface area (Å²) in [5.41, 5.74) is 0.420. The third kappa shape index (κ3) is 2.49. The SMILES string of the molecule is CC(Cl)CCN(C)C(=O)C12CC3CC(CC(C)(C3)C1)C2. The van der Waals surface area contributed by atoms with E-state index in [-0.39, 0.29) is 10.8 Å². The molecule has 0 spiro atoms. The zero-order valence-corrected chi connectivity index (χ0v) is 13.9. The van der Waals surface area contributed by atoms with E-state index in [1.807, 2.05) is 18.9 Å². The quantitative estimate of drug-likeness (QED) is 0.716. The second kappa shape index (κ2) is 4.90. The van der Waals surface area contributed by atoms with Crippen molar-refractivity contribution < 1.29 is 4.79 Å². The predicted octanol–water partition coefficient (Wildman–Crippen LogP) is 4.07.